The maximum Gasteiger partial charge on any atom is 0.255 e. The SMILES string of the molecule is O=C(Cc1ccc(Cl)cc1)NCCNC(=O)c1ccc(NC(=O)c2ccc(F)cc2)cc1. The number of carbonyl (C=O) groups is 3. The van der Waals surface area contributed by atoms with Crippen molar-refractivity contribution in [3.63, 3.8) is 0 Å². The van der Waals surface area contributed by atoms with Crippen molar-refractivity contribution in [3.8, 4) is 0 Å². The Bertz CT molecular complexity index is 1080. The first-order valence-electron chi connectivity index (χ1n) is 9.87. The lowest BCUT2D eigenvalue weighted by atomic mass is 10.1. The number of hydrogen-bond acceptors (Lipinski definition) is 3. The minimum absolute atomic E-state index is 0.150. The van der Waals surface area contributed by atoms with E-state index in [0.29, 0.717) is 28.4 Å². The Hall–Kier alpha value is -3.71. The highest BCUT2D eigenvalue weighted by Crippen LogP contribution is 2.12. The Kier molecular flexibility index (Phi) is 7.94. The molecule has 0 radical (unpaired) electrons. The predicted molar refractivity (Wildman–Crippen MR) is 121 cm³/mol. The highest BCUT2D eigenvalue weighted by molar-refractivity contribution is 6.30. The molecule has 0 unspecified atom stereocenters. The molecule has 0 aliphatic carbocycles. The minimum atomic E-state index is -0.418. The molecule has 0 aliphatic heterocycles. The number of hydrogen-bond donors (Lipinski definition) is 3. The van der Waals surface area contributed by atoms with Gasteiger partial charge in [0.25, 0.3) is 11.8 Å². The molecule has 3 aromatic carbocycles. The van der Waals surface area contributed by atoms with Crippen LogP contribution in [0.1, 0.15) is 26.3 Å². The zero-order valence-electron chi connectivity index (χ0n) is 17.0. The van der Waals surface area contributed by atoms with Gasteiger partial charge in [-0.25, -0.2) is 4.39 Å². The lowest BCUT2D eigenvalue weighted by molar-refractivity contribution is -0.120. The molecule has 0 atom stereocenters. The fourth-order valence-electron chi connectivity index (χ4n) is 2.84. The molecular formula is C24H21ClFN3O3. The number of nitrogens with one attached hydrogen (secondary N) is 3. The maximum atomic E-state index is 13.0. The second-order valence-corrected chi connectivity index (χ2v) is 7.38. The summed E-state index contributed by atoms with van der Waals surface area (Å²) in [5.74, 6) is -1.24. The molecule has 3 rings (SSSR count). The smallest absolute Gasteiger partial charge is 0.255 e. The van der Waals surface area contributed by atoms with Gasteiger partial charge in [-0.3, -0.25) is 14.4 Å². The van der Waals surface area contributed by atoms with Crippen LogP contribution < -0.4 is 16.0 Å². The molecule has 164 valence electrons. The van der Waals surface area contributed by atoms with Gasteiger partial charge in [0, 0.05) is 34.9 Å². The van der Waals surface area contributed by atoms with E-state index in [4.69, 9.17) is 11.6 Å². The van der Waals surface area contributed by atoms with Crippen molar-refractivity contribution in [2.75, 3.05) is 18.4 Å². The molecule has 0 saturated carbocycles. The van der Waals surface area contributed by atoms with E-state index < -0.39 is 5.82 Å². The number of amides is 3. The van der Waals surface area contributed by atoms with Gasteiger partial charge < -0.3 is 16.0 Å². The molecule has 3 N–H and O–H groups in total. The summed E-state index contributed by atoms with van der Waals surface area (Å²) in [7, 11) is 0. The van der Waals surface area contributed by atoms with Crippen LogP contribution in [0.4, 0.5) is 10.1 Å². The van der Waals surface area contributed by atoms with E-state index in [1.807, 2.05) is 0 Å². The summed E-state index contributed by atoms with van der Waals surface area (Å²) in [6, 6.07) is 18.6. The standard InChI is InChI=1S/C24H21ClFN3O3/c25-19-7-1-16(2-8-19)15-22(30)27-13-14-28-23(31)17-5-11-21(12-6-17)29-24(32)18-3-9-20(26)10-4-18/h1-12H,13-15H2,(H,27,30)(H,28,31)(H,29,32). The summed E-state index contributed by atoms with van der Waals surface area (Å²) in [5.41, 5.74) is 2.09. The van der Waals surface area contributed by atoms with Crippen LogP contribution in [0.3, 0.4) is 0 Å². The van der Waals surface area contributed by atoms with Crippen LogP contribution in [-0.4, -0.2) is 30.8 Å². The first-order chi connectivity index (χ1) is 15.4. The normalized spacial score (nSPS) is 10.3. The average Bonchev–Trinajstić information content (AvgIpc) is 2.79. The number of halogens is 2. The van der Waals surface area contributed by atoms with E-state index in [2.05, 4.69) is 16.0 Å². The van der Waals surface area contributed by atoms with Gasteiger partial charge in [0.2, 0.25) is 5.91 Å². The zero-order chi connectivity index (χ0) is 22.9. The Morgan fingerprint density at radius 1 is 0.719 bits per heavy atom. The molecule has 0 heterocycles. The van der Waals surface area contributed by atoms with Crippen LogP contribution in [0.15, 0.2) is 72.8 Å². The number of carbonyl (C=O) groups excluding carboxylic acids is 3. The third-order valence-corrected chi connectivity index (χ3v) is 4.77. The summed E-state index contributed by atoms with van der Waals surface area (Å²) in [5, 5.41) is 8.76. The molecule has 6 nitrogen and oxygen atoms in total. The summed E-state index contributed by atoms with van der Waals surface area (Å²) < 4.78 is 13.0. The molecule has 0 fully saturated rings. The summed E-state index contributed by atoms with van der Waals surface area (Å²) in [4.78, 5) is 36.3. The largest absolute Gasteiger partial charge is 0.354 e. The van der Waals surface area contributed by atoms with Crippen molar-refractivity contribution in [2.24, 2.45) is 0 Å². The second-order valence-electron chi connectivity index (χ2n) is 6.95. The van der Waals surface area contributed by atoms with Gasteiger partial charge in [-0.1, -0.05) is 23.7 Å². The van der Waals surface area contributed by atoms with Crippen molar-refractivity contribution in [1.82, 2.24) is 10.6 Å². The van der Waals surface area contributed by atoms with Crippen molar-refractivity contribution in [2.45, 2.75) is 6.42 Å². The summed E-state index contributed by atoms with van der Waals surface area (Å²) in [6.07, 6.45) is 0.232. The molecule has 3 amide bonds. The van der Waals surface area contributed by atoms with Gasteiger partial charge in [-0.2, -0.15) is 0 Å². The van der Waals surface area contributed by atoms with E-state index in [1.165, 1.54) is 24.3 Å². The number of rotatable bonds is 8. The second kappa shape index (κ2) is 11.1. The number of anilines is 1. The van der Waals surface area contributed by atoms with Crippen LogP contribution in [-0.2, 0) is 11.2 Å². The Labute approximate surface area is 189 Å². The van der Waals surface area contributed by atoms with Crippen molar-refractivity contribution >= 4 is 35.0 Å². The van der Waals surface area contributed by atoms with Crippen LogP contribution >= 0.6 is 11.6 Å². The van der Waals surface area contributed by atoms with Gasteiger partial charge in [0.1, 0.15) is 5.82 Å². The highest BCUT2D eigenvalue weighted by Gasteiger charge is 2.09. The molecule has 0 spiro atoms. The van der Waals surface area contributed by atoms with Gasteiger partial charge in [-0.15, -0.1) is 0 Å². The first kappa shape index (κ1) is 23.0. The first-order valence-corrected chi connectivity index (χ1v) is 10.2. The molecule has 3 aromatic rings. The van der Waals surface area contributed by atoms with Gasteiger partial charge >= 0.3 is 0 Å². The average molecular weight is 454 g/mol. The van der Waals surface area contributed by atoms with E-state index in [-0.39, 0.29) is 30.7 Å². The lowest BCUT2D eigenvalue weighted by Crippen LogP contribution is -2.35. The van der Waals surface area contributed by atoms with Gasteiger partial charge in [0.15, 0.2) is 0 Å². The van der Waals surface area contributed by atoms with E-state index >= 15 is 0 Å². The Morgan fingerprint density at radius 2 is 1.28 bits per heavy atom. The maximum absolute atomic E-state index is 13.0. The van der Waals surface area contributed by atoms with Crippen LogP contribution in [0.5, 0.6) is 0 Å². The van der Waals surface area contributed by atoms with Crippen molar-refractivity contribution < 1.29 is 18.8 Å². The number of benzene rings is 3. The van der Waals surface area contributed by atoms with Crippen LogP contribution in [0.2, 0.25) is 5.02 Å². The van der Waals surface area contributed by atoms with E-state index in [0.717, 1.165) is 5.56 Å². The predicted octanol–water partition coefficient (Wildman–Crippen LogP) is 3.82. The molecule has 32 heavy (non-hydrogen) atoms. The van der Waals surface area contributed by atoms with E-state index in [9.17, 15) is 18.8 Å². The fraction of sp³-hybridized carbons (Fsp3) is 0.125. The van der Waals surface area contributed by atoms with Gasteiger partial charge in [0.05, 0.1) is 6.42 Å². The van der Waals surface area contributed by atoms with Crippen molar-refractivity contribution in [3.05, 3.63) is 100 Å². The lowest BCUT2D eigenvalue weighted by Gasteiger charge is -2.09. The monoisotopic (exact) mass is 453 g/mol. The Morgan fingerprint density at radius 3 is 1.94 bits per heavy atom. The molecule has 0 bridgehead atoms. The van der Waals surface area contributed by atoms with Crippen LogP contribution in [0, 0.1) is 5.82 Å². The summed E-state index contributed by atoms with van der Waals surface area (Å²) in [6.45, 7) is 0.568. The molecule has 0 aliphatic rings. The molecule has 8 heteroatoms. The molecule has 0 saturated heterocycles. The minimum Gasteiger partial charge on any atom is -0.354 e. The Balaban J connectivity index is 1.40. The molecule has 0 aromatic heterocycles. The van der Waals surface area contributed by atoms with Gasteiger partial charge in [-0.05, 0) is 66.2 Å². The molecular weight excluding hydrogens is 433 g/mol. The highest BCUT2D eigenvalue weighted by atomic mass is 35.5. The zero-order valence-corrected chi connectivity index (χ0v) is 17.8. The third kappa shape index (κ3) is 6.92. The fourth-order valence-corrected chi connectivity index (χ4v) is 2.97. The quantitative estimate of drug-likeness (QED) is 0.453. The topological polar surface area (TPSA) is 87.3 Å². The van der Waals surface area contributed by atoms with Crippen molar-refractivity contribution in [1.29, 1.82) is 0 Å². The van der Waals surface area contributed by atoms with Crippen LogP contribution in [0.25, 0.3) is 0 Å². The van der Waals surface area contributed by atoms with E-state index in [1.54, 1.807) is 48.5 Å². The summed E-state index contributed by atoms with van der Waals surface area (Å²) >= 11 is 5.82. The third-order valence-electron chi connectivity index (χ3n) is 4.52.